The number of hydrogen-bond donors (Lipinski definition) is 1. The Morgan fingerprint density at radius 3 is 2.67 bits per heavy atom. The van der Waals surface area contributed by atoms with Crippen LogP contribution in [0, 0.1) is 5.92 Å². The summed E-state index contributed by atoms with van der Waals surface area (Å²) >= 11 is 0. The van der Waals surface area contributed by atoms with E-state index in [4.69, 9.17) is 0 Å². The molecule has 0 saturated carbocycles. The third kappa shape index (κ3) is 3.63. The van der Waals surface area contributed by atoms with Gasteiger partial charge in [0.05, 0.1) is 0 Å². The molecule has 0 radical (unpaired) electrons. The fourth-order valence-electron chi connectivity index (χ4n) is 1.77. The van der Waals surface area contributed by atoms with Crippen LogP contribution in [0.3, 0.4) is 0 Å². The highest BCUT2D eigenvalue weighted by Gasteiger charge is 2.09. The predicted molar refractivity (Wildman–Crippen MR) is 61.6 cm³/mol. The number of nitrogens with zero attached hydrogens (tertiary/aromatic N) is 3. The highest BCUT2D eigenvalue weighted by atomic mass is 15.3. The summed E-state index contributed by atoms with van der Waals surface area (Å²) in [6.07, 6.45) is 3.73. The maximum absolute atomic E-state index is 4.20. The zero-order chi connectivity index (χ0) is 11.3. The Morgan fingerprint density at radius 1 is 1.47 bits per heavy atom. The first-order valence-corrected chi connectivity index (χ1v) is 5.71. The average Bonchev–Trinajstić information content (AvgIpc) is 2.58. The minimum Gasteiger partial charge on any atom is -0.313 e. The van der Waals surface area contributed by atoms with Crippen molar-refractivity contribution in [2.45, 2.75) is 39.7 Å². The second kappa shape index (κ2) is 5.85. The van der Waals surface area contributed by atoms with E-state index in [9.17, 15) is 0 Å². The first-order chi connectivity index (χ1) is 7.15. The summed E-state index contributed by atoms with van der Waals surface area (Å²) in [5.41, 5.74) is 0. The topological polar surface area (TPSA) is 42.7 Å². The van der Waals surface area contributed by atoms with Crippen molar-refractivity contribution in [3.8, 4) is 0 Å². The van der Waals surface area contributed by atoms with Crippen LogP contribution < -0.4 is 5.32 Å². The van der Waals surface area contributed by atoms with Crippen LogP contribution in [-0.4, -0.2) is 27.4 Å². The van der Waals surface area contributed by atoms with Gasteiger partial charge in [0.25, 0.3) is 0 Å². The normalized spacial score (nSPS) is 13.4. The van der Waals surface area contributed by atoms with Gasteiger partial charge in [0.2, 0.25) is 0 Å². The summed E-state index contributed by atoms with van der Waals surface area (Å²) in [6.45, 7) is 7.70. The van der Waals surface area contributed by atoms with Gasteiger partial charge in [-0.25, -0.2) is 4.98 Å². The van der Waals surface area contributed by atoms with Crippen LogP contribution in [0.1, 0.15) is 33.0 Å². The average molecular weight is 210 g/mol. The summed E-state index contributed by atoms with van der Waals surface area (Å²) in [6, 6.07) is 0.609. The largest absolute Gasteiger partial charge is 0.313 e. The van der Waals surface area contributed by atoms with Gasteiger partial charge in [0.1, 0.15) is 12.2 Å². The molecule has 1 heterocycles. The monoisotopic (exact) mass is 210 g/mol. The van der Waals surface area contributed by atoms with Crippen molar-refractivity contribution >= 4 is 0 Å². The van der Waals surface area contributed by atoms with E-state index < -0.39 is 0 Å². The van der Waals surface area contributed by atoms with Crippen LogP contribution >= 0.6 is 0 Å². The second-order valence-electron chi connectivity index (χ2n) is 4.26. The van der Waals surface area contributed by atoms with E-state index >= 15 is 0 Å². The lowest BCUT2D eigenvalue weighted by atomic mass is 10.0. The highest BCUT2D eigenvalue weighted by Crippen LogP contribution is 2.05. The molecule has 0 fully saturated rings. The molecule has 0 saturated heterocycles. The molecule has 4 heteroatoms. The van der Waals surface area contributed by atoms with E-state index in [2.05, 4.69) is 36.2 Å². The molecule has 1 atom stereocenters. The molecule has 0 amide bonds. The van der Waals surface area contributed by atoms with Gasteiger partial charge < -0.3 is 5.32 Å². The molecule has 0 aliphatic carbocycles. The molecule has 86 valence electrons. The molecule has 0 spiro atoms. The van der Waals surface area contributed by atoms with Gasteiger partial charge in [0.15, 0.2) is 0 Å². The molecule has 0 aliphatic rings. The van der Waals surface area contributed by atoms with Crippen LogP contribution in [0.4, 0.5) is 0 Å². The molecule has 1 rings (SSSR count). The lowest BCUT2D eigenvalue weighted by Gasteiger charge is -2.20. The third-order valence-electron chi connectivity index (χ3n) is 2.80. The van der Waals surface area contributed by atoms with Crippen molar-refractivity contribution in [1.29, 1.82) is 0 Å². The Morgan fingerprint density at radius 2 is 2.20 bits per heavy atom. The van der Waals surface area contributed by atoms with Crippen molar-refractivity contribution in [2.75, 3.05) is 6.54 Å². The molecule has 0 aromatic carbocycles. The van der Waals surface area contributed by atoms with Crippen molar-refractivity contribution in [3.63, 3.8) is 0 Å². The fraction of sp³-hybridized carbons (Fsp3) is 0.818. The Kier molecular flexibility index (Phi) is 4.75. The van der Waals surface area contributed by atoms with Crippen molar-refractivity contribution < 1.29 is 0 Å². The van der Waals surface area contributed by atoms with E-state index in [-0.39, 0.29) is 0 Å². The van der Waals surface area contributed by atoms with Crippen molar-refractivity contribution in [3.05, 3.63) is 12.2 Å². The number of hydrogen-bond acceptors (Lipinski definition) is 3. The van der Waals surface area contributed by atoms with Gasteiger partial charge in [-0.3, -0.25) is 4.68 Å². The van der Waals surface area contributed by atoms with Gasteiger partial charge >= 0.3 is 0 Å². The quantitative estimate of drug-likeness (QED) is 0.771. The first kappa shape index (κ1) is 12.2. The maximum Gasteiger partial charge on any atom is 0.138 e. The van der Waals surface area contributed by atoms with Crippen LogP contribution in [0.5, 0.6) is 0 Å². The Labute approximate surface area is 92.1 Å². The Bertz CT molecular complexity index is 280. The molecule has 15 heavy (non-hydrogen) atoms. The molecule has 0 bridgehead atoms. The van der Waals surface area contributed by atoms with Gasteiger partial charge in [-0.05, 0) is 12.3 Å². The third-order valence-corrected chi connectivity index (χ3v) is 2.80. The number of nitrogens with one attached hydrogen (secondary N) is 1. The van der Waals surface area contributed by atoms with Crippen LogP contribution in [0.2, 0.25) is 0 Å². The molecular formula is C11H22N4. The molecule has 4 nitrogen and oxygen atoms in total. The van der Waals surface area contributed by atoms with Gasteiger partial charge in [-0.1, -0.05) is 20.8 Å². The fourth-order valence-corrected chi connectivity index (χ4v) is 1.77. The molecule has 1 aromatic rings. The number of rotatable bonds is 6. The van der Waals surface area contributed by atoms with Crippen LogP contribution in [0.25, 0.3) is 0 Å². The predicted octanol–water partition coefficient (Wildman–Crippen LogP) is 1.38. The maximum atomic E-state index is 4.20. The molecule has 0 aliphatic heterocycles. The van der Waals surface area contributed by atoms with Gasteiger partial charge in [0, 0.05) is 26.1 Å². The van der Waals surface area contributed by atoms with Gasteiger partial charge in [-0.15, -0.1) is 0 Å². The zero-order valence-electron chi connectivity index (χ0n) is 10.2. The zero-order valence-corrected chi connectivity index (χ0v) is 10.2. The summed E-state index contributed by atoms with van der Waals surface area (Å²) in [5.74, 6) is 1.73. The van der Waals surface area contributed by atoms with E-state index in [0.29, 0.717) is 12.0 Å². The highest BCUT2D eigenvalue weighted by molar-refractivity contribution is 4.84. The standard InChI is InChI=1S/C11H22N4/c1-5-10(9(2)3)12-7-6-11-13-8-14-15(11)4/h8-10,12H,5-7H2,1-4H3. The lowest BCUT2D eigenvalue weighted by molar-refractivity contribution is 0.389. The minimum atomic E-state index is 0.609. The lowest BCUT2D eigenvalue weighted by Crippen LogP contribution is -2.34. The Hall–Kier alpha value is -0.900. The van der Waals surface area contributed by atoms with E-state index in [0.717, 1.165) is 18.8 Å². The van der Waals surface area contributed by atoms with Crippen LogP contribution in [0.15, 0.2) is 6.33 Å². The summed E-state index contributed by atoms with van der Waals surface area (Å²) in [4.78, 5) is 4.20. The van der Waals surface area contributed by atoms with E-state index in [1.165, 1.54) is 6.42 Å². The Balaban J connectivity index is 2.29. The smallest absolute Gasteiger partial charge is 0.138 e. The van der Waals surface area contributed by atoms with Gasteiger partial charge in [-0.2, -0.15) is 5.10 Å². The first-order valence-electron chi connectivity index (χ1n) is 5.71. The van der Waals surface area contributed by atoms with Crippen molar-refractivity contribution in [2.24, 2.45) is 13.0 Å². The molecule has 1 aromatic heterocycles. The van der Waals surface area contributed by atoms with E-state index in [1.54, 1.807) is 6.33 Å². The number of aryl methyl sites for hydroxylation is 1. The summed E-state index contributed by atoms with van der Waals surface area (Å²) in [5, 5.41) is 7.60. The number of aromatic nitrogens is 3. The van der Waals surface area contributed by atoms with Crippen LogP contribution in [-0.2, 0) is 13.5 Å². The summed E-state index contributed by atoms with van der Waals surface area (Å²) < 4.78 is 1.83. The molecule has 1 unspecified atom stereocenters. The second-order valence-corrected chi connectivity index (χ2v) is 4.26. The molecular weight excluding hydrogens is 188 g/mol. The van der Waals surface area contributed by atoms with Crippen molar-refractivity contribution in [1.82, 2.24) is 20.1 Å². The summed E-state index contributed by atoms with van der Waals surface area (Å²) in [7, 11) is 1.93. The SMILES string of the molecule is CCC(NCCc1ncnn1C)C(C)C. The minimum absolute atomic E-state index is 0.609. The molecule has 1 N–H and O–H groups in total. The van der Waals surface area contributed by atoms with E-state index in [1.807, 2.05) is 11.7 Å².